The molecule has 4 amide bonds. The number of benzene rings is 3. The number of amides is 4. The minimum atomic E-state index is -4.77. The normalized spacial score (nSPS) is 25.5. The zero-order valence-electron chi connectivity index (χ0n) is 29.8. The molecule has 0 spiro atoms. The standard InChI is InChI=1S/C40H30Cl2F3IN4O7/c1-56-23-14-29(51)32(30(15-23)57-2)33-24-11-12-25-31(37(54)49(35(25)52)22-9-7-21(46)8-10-22)26(24)16-27-36(53)50(38(55)39(27,33)18-3-5-20(41)6-4-18)48-34-28(42)13-19(17-47-34)40(43,44)45/h3-11,13-15,17,25-27,31,33,51H,12,16H2,1-2H3,(H,47,48). The topological polar surface area (TPSA) is 138 Å². The molecule has 0 radical (unpaired) electrons. The van der Waals surface area contributed by atoms with Crippen molar-refractivity contribution in [3.05, 3.63) is 115 Å². The number of allylic oxidation sites excluding steroid dienone is 2. The molecule has 294 valence electrons. The number of phenols is 1. The van der Waals surface area contributed by atoms with Crippen molar-refractivity contribution in [3.8, 4) is 17.2 Å². The molecule has 2 N–H and O–H groups in total. The van der Waals surface area contributed by atoms with Gasteiger partial charge in [0.2, 0.25) is 11.8 Å². The number of ether oxygens (including phenoxy) is 2. The lowest BCUT2D eigenvalue weighted by molar-refractivity contribution is -0.139. The first-order chi connectivity index (χ1) is 27.1. The average molecular weight is 934 g/mol. The van der Waals surface area contributed by atoms with Crippen LogP contribution in [0.3, 0.4) is 0 Å². The van der Waals surface area contributed by atoms with Crippen molar-refractivity contribution >= 4 is 80.9 Å². The lowest BCUT2D eigenvalue weighted by Gasteiger charge is -2.50. The Morgan fingerprint density at radius 1 is 0.930 bits per heavy atom. The highest BCUT2D eigenvalue weighted by atomic mass is 127. The van der Waals surface area contributed by atoms with E-state index in [1.165, 1.54) is 26.4 Å². The third-order valence-corrected chi connectivity index (χ3v) is 12.7. The molecule has 4 aromatic rings. The number of aromatic nitrogens is 1. The molecule has 6 atom stereocenters. The van der Waals surface area contributed by atoms with Gasteiger partial charge in [-0.15, -0.1) is 0 Å². The maximum absolute atomic E-state index is 15.5. The van der Waals surface area contributed by atoms with Crippen LogP contribution in [0.25, 0.3) is 0 Å². The number of carbonyl (C=O) groups excluding carboxylic acids is 4. The van der Waals surface area contributed by atoms with Gasteiger partial charge in [-0.25, -0.2) is 4.98 Å². The molecule has 57 heavy (non-hydrogen) atoms. The van der Waals surface area contributed by atoms with E-state index in [1.54, 1.807) is 54.6 Å². The summed E-state index contributed by atoms with van der Waals surface area (Å²) in [5.74, 6) is -8.04. The van der Waals surface area contributed by atoms with E-state index in [1.807, 2.05) is 0 Å². The Morgan fingerprint density at radius 3 is 2.26 bits per heavy atom. The van der Waals surface area contributed by atoms with Gasteiger partial charge >= 0.3 is 6.18 Å². The van der Waals surface area contributed by atoms with Crippen molar-refractivity contribution in [1.29, 1.82) is 0 Å². The number of aromatic hydroxyl groups is 1. The average Bonchev–Trinajstić information content (AvgIpc) is 3.56. The smallest absolute Gasteiger partial charge is 0.417 e. The van der Waals surface area contributed by atoms with Crippen LogP contribution in [0.5, 0.6) is 17.2 Å². The summed E-state index contributed by atoms with van der Waals surface area (Å²) in [5, 5.41) is 12.4. The predicted molar refractivity (Wildman–Crippen MR) is 210 cm³/mol. The third-order valence-electron chi connectivity index (χ3n) is 11.5. The third kappa shape index (κ3) is 6.02. The van der Waals surface area contributed by atoms with Gasteiger partial charge in [-0.05, 0) is 89.4 Å². The molecule has 2 aliphatic heterocycles. The quantitative estimate of drug-likeness (QED) is 0.108. The van der Waals surface area contributed by atoms with E-state index in [2.05, 4.69) is 33.0 Å². The Balaban J connectivity index is 1.35. The molecule has 6 unspecified atom stereocenters. The van der Waals surface area contributed by atoms with E-state index in [4.69, 9.17) is 32.7 Å². The zero-order valence-corrected chi connectivity index (χ0v) is 33.5. The van der Waals surface area contributed by atoms with E-state index < -0.39 is 81.2 Å². The number of anilines is 2. The largest absolute Gasteiger partial charge is 0.507 e. The Morgan fingerprint density at radius 2 is 1.63 bits per heavy atom. The molecule has 3 fully saturated rings. The Labute approximate surface area is 346 Å². The summed E-state index contributed by atoms with van der Waals surface area (Å²) >= 11 is 14.7. The number of hydrogen-bond donors (Lipinski definition) is 2. The Kier molecular flexibility index (Phi) is 9.71. The van der Waals surface area contributed by atoms with Gasteiger partial charge in [-0.2, -0.15) is 18.2 Å². The van der Waals surface area contributed by atoms with Crippen LogP contribution in [-0.4, -0.2) is 52.9 Å². The molecule has 1 saturated carbocycles. The lowest BCUT2D eigenvalue weighted by atomic mass is 9.49. The molecule has 2 aliphatic carbocycles. The van der Waals surface area contributed by atoms with Crippen LogP contribution in [0.4, 0.5) is 24.7 Å². The number of hydrogen-bond acceptors (Lipinski definition) is 9. The van der Waals surface area contributed by atoms with Crippen LogP contribution in [0, 0.1) is 27.2 Å². The molecular formula is C40H30Cl2F3IN4O7. The van der Waals surface area contributed by atoms with Crippen molar-refractivity contribution < 1.29 is 46.9 Å². The first-order valence-corrected chi connectivity index (χ1v) is 19.4. The molecule has 8 rings (SSSR count). The van der Waals surface area contributed by atoms with Crippen LogP contribution in [0.1, 0.15) is 35.4 Å². The van der Waals surface area contributed by atoms with E-state index in [9.17, 15) is 32.7 Å². The van der Waals surface area contributed by atoms with E-state index >= 15 is 4.79 Å². The number of rotatable bonds is 7. The number of carbonyl (C=O) groups is 4. The highest BCUT2D eigenvalue weighted by molar-refractivity contribution is 14.1. The number of nitrogens with zero attached hydrogens (tertiary/aromatic N) is 3. The first kappa shape index (κ1) is 39.0. The highest BCUT2D eigenvalue weighted by Crippen LogP contribution is 2.66. The maximum Gasteiger partial charge on any atom is 0.417 e. The number of halogens is 6. The monoisotopic (exact) mass is 932 g/mol. The van der Waals surface area contributed by atoms with Crippen molar-refractivity contribution in [3.63, 3.8) is 0 Å². The fourth-order valence-corrected chi connectivity index (χ4v) is 9.80. The summed E-state index contributed by atoms with van der Waals surface area (Å²) in [6, 6.07) is 16.7. The van der Waals surface area contributed by atoms with Gasteiger partial charge in [0.1, 0.15) is 17.2 Å². The predicted octanol–water partition coefficient (Wildman–Crippen LogP) is 7.92. The van der Waals surface area contributed by atoms with Gasteiger partial charge in [0, 0.05) is 38.4 Å². The number of imide groups is 2. The van der Waals surface area contributed by atoms with Crippen LogP contribution in [0.2, 0.25) is 10.0 Å². The van der Waals surface area contributed by atoms with Gasteiger partial charge < -0.3 is 14.6 Å². The molecule has 4 aliphatic rings. The van der Waals surface area contributed by atoms with E-state index in [0.29, 0.717) is 39.1 Å². The van der Waals surface area contributed by atoms with Crippen LogP contribution < -0.4 is 19.8 Å². The SMILES string of the molecule is COc1cc(O)c(C2C3=CCC4C(=O)N(c5ccc(I)cc5)C(=O)C4C3CC3C(=O)N(Nc4ncc(C(F)(F)F)cc4Cl)C(=O)C32c2ccc(Cl)cc2)c(OC)c1. The molecular weight excluding hydrogens is 903 g/mol. The number of alkyl halides is 3. The van der Waals surface area contributed by atoms with E-state index in [0.717, 1.165) is 8.47 Å². The summed E-state index contributed by atoms with van der Waals surface area (Å²) in [7, 11) is 2.76. The summed E-state index contributed by atoms with van der Waals surface area (Å²) in [6.45, 7) is 0. The van der Waals surface area contributed by atoms with Crippen molar-refractivity contribution in [2.75, 3.05) is 24.5 Å². The fourth-order valence-electron chi connectivity index (χ4n) is 9.11. The molecule has 2 saturated heterocycles. The number of hydrazine groups is 1. The summed E-state index contributed by atoms with van der Waals surface area (Å²) < 4.78 is 52.7. The van der Waals surface area contributed by atoms with Gasteiger partial charge in [0.05, 0.1) is 53.7 Å². The molecule has 0 bridgehead atoms. The second-order valence-corrected chi connectivity index (χ2v) is 16.3. The number of fused-ring (bicyclic) bond motifs is 4. The van der Waals surface area contributed by atoms with E-state index in [-0.39, 0.29) is 35.7 Å². The van der Waals surface area contributed by atoms with Crippen molar-refractivity contribution in [2.24, 2.45) is 23.7 Å². The molecule has 11 nitrogen and oxygen atoms in total. The van der Waals surface area contributed by atoms with Gasteiger partial charge in [-0.1, -0.05) is 47.0 Å². The van der Waals surface area contributed by atoms with Crippen LogP contribution in [0.15, 0.2) is 84.6 Å². The lowest BCUT2D eigenvalue weighted by Crippen LogP contribution is -2.53. The van der Waals surface area contributed by atoms with Crippen LogP contribution >= 0.6 is 45.8 Å². The van der Waals surface area contributed by atoms with Gasteiger partial charge in [0.25, 0.3) is 11.8 Å². The number of pyridine rings is 1. The van der Waals surface area contributed by atoms with Crippen LogP contribution in [-0.2, 0) is 30.8 Å². The van der Waals surface area contributed by atoms with Crippen molar-refractivity contribution in [2.45, 2.75) is 30.4 Å². The zero-order chi connectivity index (χ0) is 40.7. The van der Waals surface area contributed by atoms with Gasteiger partial charge in [0.15, 0.2) is 5.82 Å². The Bertz CT molecular complexity index is 2400. The number of nitrogens with one attached hydrogen (secondary N) is 1. The Hall–Kier alpha value is -4.87. The van der Waals surface area contributed by atoms with Gasteiger partial charge in [-0.3, -0.25) is 29.5 Å². The maximum atomic E-state index is 15.5. The minimum Gasteiger partial charge on any atom is -0.507 e. The number of phenolic OH excluding ortho intramolecular Hbond substituents is 1. The molecule has 3 heterocycles. The van der Waals surface area contributed by atoms with Crippen molar-refractivity contribution in [1.82, 2.24) is 9.99 Å². The second-order valence-electron chi connectivity index (χ2n) is 14.2. The highest BCUT2D eigenvalue weighted by Gasteiger charge is 2.71. The molecule has 17 heteroatoms. The summed E-state index contributed by atoms with van der Waals surface area (Å²) in [4.78, 5) is 64.0. The summed E-state index contributed by atoms with van der Waals surface area (Å²) in [5.41, 5.74) is 0.866. The molecule has 3 aromatic carbocycles. The first-order valence-electron chi connectivity index (χ1n) is 17.5. The molecule has 1 aromatic heterocycles. The number of methoxy groups -OCH3 is 2. The minimum absolute atomic E-state index is 0.0982. The fraction of sp³-hybridized carbons (Fsp3) is 0.275. The summed E-state index contributed by atoms with van der Waals surface area (Å²) in [6.07, 6.45) is -2.45. The second kappa shape index (κ2) is 14.2.